The molecule has 3 nitrogen and oxygen atoms in total. The molecule has 0 bridgehead atoms. The van der Waals surface area contributed by atoms with Gasteiger partial charge in [0.25, 0.3) is 5.69 Å². The van der Waals surface area contributed by atoms with Gasteiger partial charge in [-0.1, -0.05) is 25.7 Å². The Bertz CT molecular complexity index is 396. The van der Waals surface area contributed by atoms with E-state index < -0.39 is 4.92 Å². The average molecular weight is 203 g/mol. The van der Waals surface area contributed by atoms with Crippen LogP contribution in [0.25, 0.3) is 0 Å². The maximum Gasteiger partial charge on any atom is 0.269 e. The summed E-state index contributed by atoms with van der Waals surface area (Å²) in [5.74, 6) is 6.55. The molecule has 0 radical (unpaired) electrons. The summed E-state index contributed by atoms with van der Waals surface area (Å²) in [6.07, 6.45) is 0.844. The first-order valence-electron chi connectivity index (χ1n) is 4.83. The fourth-order valence-corrected chi connectivity index (χ4v) is 1.02. The number of nitro benzene ring substituents is 1. The lowest BCUT2D eigenvalue weighted by atomic mass is 10.1. The Kier molecular flexibility index (Phi) is 3.87. The summed E-state index contributed by atoms with van der Waals surface area (Å²) in [6.45, 7) is 4.20. The number of nitro groups is 1. The van der Waals surface area contributed by atoms with Crippen molar-refractivity contribution in [1.82, 2.24) is 0 Å². The Balaban J connectivity index is 2.71. The SMILES string of the molecule is CC(C)CC#Cc1ccc([N+](=O)[O-])cc1. The van der Waals surface area contributed by atoms with E-state index in [-0.39, 0.29) is 5.69 Å². The van der Waals surface area contributed by atoms with Gasteiger partial charge in [-0.2, -0.15) is 0 Å². The number of benzene rings is 1. The van der Waals surface area contributed by atoms with Crippen LogP contribution in [0.1, 0.15) is 25.8 Å². The van der Waals surface area contributed by atoms with Gasteiger partial charge >= 0.3 is 0 Å². The molecule has 0 N–H and O–H groups in total. The van der Waals surface area contributed by atoms with E-state index in [2.05, 4.69) is 25.7 Å². The summed E-state index contributed by atoms with van der Waals surface area (Å²) in [5.41, 5.74) is 0.922. The molecule has 0 aromatic heterocycles. The highest BCUT2D eigenvalue weighted by molar-refractivity contribution is 5.40. The number of nitrogens with zero attached hydrogens (tertiary/aromatic N) is 1. The van der Waals surface area contributed by atoms with Gasteiger partial charge in [0.1, 0.15) is 0 Å². The normalized spacial score (nSPS) is 9.53. The predicted octanol–water partition coefficient (Wildman–Crippen LogP) is 2.99. The van der Waals surface area contributed by atoms with E-state index in [1.54, 1.807) is 12.1 Å². The first-order chi connectivity index (χ1) is 7.09. The van der Waals surface area contributed by atoms with Crippen LogP contribution in [0.5, 0.6) is 0 Å². The van der Waals surface area contributed by atoms with Crippen molar-refractivity contribution in [2.75, 3.05) is 0 Å². The highest BCUT2D eigenvalue weighted by Crippen LogP contribution is 2.11. The van der Waals surface area contributed by atoms with Gasteiger partial charge in [0.2, 0.25) is 0 Å². The van der Waals surface area contributed by atoms with E-state index in [1.807, 2.05) is 0 Å². The largest absolute Gasteiger partial charge is 0.269 e. The van der Waals surface area contributed by atoms with Crippen LogP contribution in [0.4, 0.5) is 5.69 Å². The van der Waals surface area contributed by atoms with E-state index in [0.717, 1.165) is 12.0 Å². The van der Waals surface area contributed by atoms with Crippen LogP contribution in [0.15, 0.2) is 24.3 Å². The Morgan fingerprint density at radius 1 is 1.33 bits per heavy atom. The minimum Gasteiger partial charge on any atom is -0.258 e. The molecule has 0 heterocycles. The summed E-state index contributed by atoms with van der Waals surface area (Å²) in [5, 5.41) is 10.4. The van der Waals surface area contributed by atoms with Crippen LogP contribution in [0.2, 0.25) is 0 Å². The second kappa shape index (κ2) is 5.16. The van der Waals surface area contributed by atoms with Crippen molar-refractivity contribution in [1.29, 1.82) is 0 Å². The van der Waals surface area contributed by atoms with Crippen molar-refractivity contribution in [3.63, 3.8) is 0 Å². The van der Waals surface area contributed by atoms with Crippen LogP contribution in [0, 0.1) is 27.9 Å². The fraction of sp³-hybridized carbons (Fsp3) is 0.333. The van der Waals surface area contributed by atoms with Crippen LogP contribution in [-0.4, -0.2) is 4.92 Å². The smallest absolute Gasteiger partial charge is 0.258 e. The summed E-state index contributed by atoms with van der Waals surface area (Å²) < 4.78 is 0. The van der Waals surface area contributed by atoms with Crippen molar-refractivity contribution < 1.29 is 4.92 Å². The minimum atomic E-state index is -0.411. The quantitative estimate of drug-likeness (QED) is 0.421. The lowest BCUT2D eigenvalue weighted by Crippen LogP contribution is -1.87. The minimum absolute atomic E-state index is 0.101. The third-order valence-electron chi connectivity index (χ3n) is 1.82. The Morgan fingerprint density at radius 3 is 2.40 bits per heavy atom. The number of hydrogen-bond donors (Lipinski definition) is 0. The Hall–Kier alpha value is -1.82. The van der Waals surface area contributed by atoms with Crippen molar-refractivity contribution in [3.05, 3.63) is 39.9 Å². The molecular formula is C12H13NO2. The summed E-state index contributed by atoms with van der Waals surface area (Å²) in [4.78, 5) is 9.97. The van der Waals surface area contributed by atoms with E-state index in [9.17, 15) is 10.1 Å². The van der Waals surface area contributed by atoms with E-state index in [0.29, 0.717) is 5.92 Å². The van der Waals surface area contributed by atoms with Gasteiger partial charge in [0.05, 0.1) is 4.92 Å². The topological polar surface area (TPSA) is 43.1 Å². The number of rotatable bonds is 2. The summed E-state index contributed by atoms with van der Waals surface area (Å²) in [7, 11) is 0. The highest BCUT2D eigenvalue weighted by atomic mass is 16.6. The maximum absolute atomic E-state index is 10.4. The molecule has 0 saturated heterocycles. The molecular weight excluding hydrogens is 190 g/mol. The van der Waals surface area contributed by atoms with Crippen molar-refractivity contribution in [3.8, 4) is 11.8 Å². The average Bonchev–Trinajstić information content (AvgIpc) is 2.18. The summed E-state index contributed by atoms with van der Waals surface area (Å²) in [6, 6.07) is 6.29. The fourth-order valence-electron chi connectivity index (χ4n) is 1.02. The van der Waals surface area contributed by atoms with Crippen LogP contribution in [0.3, 0.4) is 0 Å². The Morgan fingerprint density at radius 2 is 1.93 bits per heavy atom. The zero-order valence-corrected chi connectivity index (χ0v) is 8.86. The van der Waals surface area contributed by atoms with Gasteiger partial charge in [0.15, 0.2) is 0 Å². The number of hydrogen-bond acceptors (Lipinski definition) is 2. The molecule has 0 unspecified atom stereocenters. The van der Waals surface area contributed by atoms with Crippen molar-refractivity contribution in [2.45, 2.75) is 20.3 Å². The molecule has 1 rings (SSSR count). The Labute approximate surface area is 89.3 Å². The van der Waals surface area contributed by atoms with Gasteiger partial charge in [-0.15, -0.1) is 0 Å². The molecule has 0 amide bonds. The van der Waals surface area contributed by atoms with E-state index in [4.69, 9.17) is 0 Å². The zero-order valence-electron chi connectivity index (χ0n) is 8.86. The second-order valence-corrected chi connectivity index (χ2v) is 3.70. The monoisotopic (exact) mass is 203 g/mol. The molecule has 1 aromatic rings. The maximum atomic E-state index is 10.4. The summed E-state index contributed by atoms with van der Waals surface area (Å²) >= 11 is 0. The molecule has 0 spiro atoms. The molecule has 78 valence electrons. The van der Waals surface area contributed by atoms with Crippen molar-refractivity contribution in [2.24, 2.45) is 5.92 Å². The van der Waals surface area contributed by atoms with Gasteiger partial charge in [-0.25, -0.2) is 0 Å². The molecule has 3 heteroatoms. The van der Waals surface area contributed by atoms with Crippen LogP contribution >= 0.6 is 0 Å². The molecule has 15 heavy (non-hydrogen) atoms. The standard InChI is InChI=1S/C12H13NO2/c1-10(2)4-3-5-11-6-8-12(9-7-11)13(14)15/h6-10H,4H2,1-2H3. The third-order valence-corrected chi connectivity index (χ3v) is 1.82. The molecule has 0 aliphatic heterocycles. The molecule has 0 atom stereocenters. The second-order valence-electron chi connectivity index (χ2n) is 3.70. The lowest BCUT2D eigenvalue weighted by Gasteiger charge is -1.94. The van der Waals surface area contributed by atoms with Gasteiger partial charge in [-0.05, 0) is 18.1 Å². The zero-order chi connectivity index (χ0) is 11.3. The van der Waals surface area contributed by atoms with Crippen LogP contribution < -0.4 is 0 Å². The molecule has 0 saturated carbocycles. The molecule has 0 aliphatic rings. The van der Waals surface area contributed by atoms with Gasteiger partial charge < -0.3 is 0 Å². The van der Waals surface area contributed by atoms with Crippen molar-refractivity contribution >= 4 is 5.69 Å². The predicted molar refractivity (Wildman–Crippen MR) is 59.4 cm³/mol. The lowest BCUT2D eigenvalue weighted by molar-refractivity contribution is -0.384. The highest BCUT2D eigenvalue weighted by Gasteiger charge is 2.01. The molecule has 1 aromatic carbocycles. The molecule has 0 aliphatic carbocycles. The van der Waals surface area contributed by atoms with E-state index >= 15 is 0 Å². The number of non-ortho nitro benzene ring substituents is 1. The van der Waals surface area contributed by atoms with Gasteiger partial charge in [-0.3, -0.25) is 10.1 Å². The van der Waals surface area contributed by atoms with E-state index in [1.165, 1.54) is 12.1 Å². The first kappa shape index (κ1) is 11.3. The third kappa shape index (κ3) is 3.82. The van der Waals surface area contributed by atoms with Gasteiger partial charge in [0, 0.05) is 24.1 Å². The molecule has 0 fully saturated rings. The van der Waals surface area contributed by atoms with Crippen LogP contribution in [-0.2, 0) is 0 Å². The first-order valence-corrected chi connectivity index (χ1v) is 4.83.